The second-order valence-electron chi connectivity index (χ2n) is 5.04. The lowest BCUT2D eigenvalue weighted by molar-refractivity contribution is -0.386. The fourth-order valence-corrected chi connectivity index (χ4v) is 2.64. The molecule has 1 fully saturated rings. The second-order valence-corrected chi connectivity index (χ2v) is 5.04. The molecule has 104 valence electrons. The third kappa shape index (κ3) is 2.93. The van der Waals surface area contributed by atoms with Crippen molar-refractivity contribution < 1.29 is 4.92 Å². The van der Waals surface area contributed by atoms with E-state index in [9.17, 15) is 10.1 Å². The van der Waals surface area contributed by atoms with Crippen molar-refractivity contribution >= 4 is 5.69 Å². The molecule has 0 spiro atoms. The highest BCUT2D eigenvalue weighted by Crippen LogP contribution is 2.30. The topological polar surface area (TPSA) is 58.4 Å². The van der Waals surface area contributed by atoms with Crippen LogP contribution in [-0.4, -0.2) is 35.5 Å². The van der Waals surface area contributed by atoms with Gasteiger partial charge in [0.1, 0.15) is 0 Å². The molecule has 19 heavy (non-hydrogen) atoms. The van der Waals surface area contributed by atoms with Crippen LogP contribution in [0.2, 0.25) is 0 Å². The monoisotopic (exact) mass is 263 g/mol. The Hall–Kier alpha value is -1.46. The highest BCUT2D eigenvalue weighted by atomic mass is 16.6. The number of rotatable bonds is 6. The number of para-hydroxylation sites is 1. The predicted molar refractivity (Wildman–Crippen MR) is 75.2 cm³/mol. The second kappa shape index (κ2) is 6.12. The van der Waals surface area contributed by atoms with Crippen LogP contribution in [-0.2, 0) is 0 Å². The molecule has 1 aromatic carbocycles. The molecule has 1 aromatic rings. The van der Waals surface area contributed by atoms with Crippen molar-refractivity contribution in [1.29, 1.82) is 0 Å². The van der Waals surface area contributed by atoms with Gasteiger partial charge in [0.25, 0.3) is 5.69 Å². The van der Waals surface area contributed by atoms with E-state index in [0.717, 1.165) is 31.6 Å². The zero-order chi connectivity index (χ0) is 13.8. The van der Waals surface area contributed by atoms with Gasteiger partial charge >= 0.3 is 0 Å². The third-order valence-corrected chi connectivity index (χ3v) is 3.79. The Balaban J connectivity index is 2.25. The molecule has 0 radical (unpaired) electrons. The summed E-state index contributed by atoms with van der Waals surface area (Å²) >= 11 is 0. The first-order valence-corrected chi connectivity index (χ1v) is 6.85. The number of hydrogen-bond acceptors (Lipinski definition) is 4. The molecular formula is C14H21N3O2. The molecule has 5 nitrogen and oxygen atoms in total. The highest BCUT2D eigenvalue weighted by Gasteiger charge is 2.31. The highest BCUT2D eigenvalue weighted by molar-refractivity contribution is 5.41. The minimum atomic E-state index is -0.283. The van der Waals surface area contributed by atoms with Crippen LogP contribution in [0.15, 0.2) is 24.3 Å². The standard InChI is InChI=1S/C14H21N3O2/c1-3-8-16(12-9-15-10-12)11(2)13-6-4-5-7-14(13)17(18)19/h4-7,11-12,15H,3,8-10H2,1-2H3. The maximum Gasteiger partial charge on any atom is 0.274 e. The lowest BCUT2D eigenvalue weighted by atomic mass is 10.0. The molecule has 1 aliphatic rings. The molecule has 1 saturated heterocycles. The molecule has 0 aliphatic carbocycles. The molecule has 2 rings (SSSR count). The Morgan fingerprint density at radius 3 is 2.68 bits per heavy atom. The van der Waals surface area contributed by atoms with Crippen LogP contribution in [0.3, 0.4) is 0 Å². The van der Waals surface area contributed by atoms with E-state index >= 15 is 0 Å². The zero-order valence-corrected chi connectivity index (χ0v) is 11.5. The van der Waals surface area contributed by atoms with Gasteiger partial charge in [-0.1, -0.05) is 25.1 Å². The normalized spacial score (nSPS) is 17.2. The largest absolute Gasteiger partial charge is 0.314 e. The van der Waals surface area contributed by atoms with Crippen LogP contribution in [0.5, 0.6) is 0 Å². The lowest BCUT2D eigenvalue weighted by Crippen LogP contribution is -2.57. The first-order chi connectivity index (χ1) is 9.15. The molecule has 1 aliphatic heterocycles. The molecule has 0 saturated carbocycles. The molecule has 0 amide bonds. The van der Waals surface area contributed by atoms with Crippen LogP contribution in [0.25, 0.3) is 0 Å². The fraction of sp³-hybridized carbons (Fsp3) is 0.571. The molecule has 5 heteroatoms. The smallest absolute Gasteiger partial charge is 0.274 e. The summed E-state index contributed by atoms with van der Waals surface area (Å²) in [5.74, 6) is 0. The van der Waals surface area contributed by atoms with E-state index in [0.29, 0.717) is 6.04 Å². The van der Waals surface area contributed by atoms with Crippen LogP contribution < -0.4 is 5.32 Å². The van der Waals surface area contributed by atoms with Gasteiger partial charge in [-0.3, -0.25) is 15.0 Å². The van der Waals surface area contributed by atoms with E-state index in [1.165, 1.54) is 0 Å². The van der Waals surface area contributed by atoms with Crippen molar-refractivity contribution in [2.24, 2.45) is 0 Å². The van der Waals surface area contributed by atoms with Gasteiger partial charge in [0.15, 0.2) is 0 Å². The van der Waals surface area contributed by atoms with Crippen molar-refractivity contribution in [3.63, 3.8) is 0 Å². The first-order valence-electron chi connectivity index (χ1n) is 6.85. The van der Waals surface area contributed by atoms with E-state index < -0.39 is 0 Å². The van der Waals surface area contributed by atoms with E-state index in [1.54, 1.807) is 12.1 Å². The maximum absolute atomic E-state index is 11.1. The summed E-state index contributed by atoms with van der Waals surface area (Å²) in [5, 5.41) is 14.4. The Morgan fingerprint density at radius 2 is 2.16 bits per heavy atom. The minimum absolute atomic E-state index is 0.0775. The summed E-state index contributed by atoms with van der Waals surface area (Å²) < 4.78 is 0. The molecule has 1 unspecified atom stereocenters. The number of hydrogen-bond donors (Lipinski definition) is 1. The summed E-state index contributed by atoms with van der Waals surface area (Å²) in [6, 6.07) is 7.64. The van der Waals surface area contributed by atoms with Crippen molar-refractivity contribution in [2.75, 3.05) is 19.6 Å². The molecular weight excluding hydrogens is 242 g/mol. The van der Waals surface area contributed by atoms with Crippen LogP contribution in [0, 0.1) is 10.1 Å². The summed E-state index contributed by atoms with van der Waals surface area (Å²) in [4.78, 5) is 13.2. The van der Waals surface area contributed by atoms with Crippen molar-refractivity contribution in [1.82, 2.24) is 10.2 Å². The first kappa shape index (κ1) is 14.0. The SMILES string of the molecule is CCCN(C1CNC1)C(C)c1ccccc1[N+](=O)[O-]. The van der Waals surface area contributed by atoms with Gasteiger partial charge in [0.05, 0.1) is 4.92 Å². The minimum Gasteiger partial charge on any atom is -0.314 e. The summed E-state index contributed by atoms with van der Waals surface area (Å²) in [6.07, 6.45) is 1.06. The Labute approximate surface area is 113 Å². The quantitative estimate of drug-likeness (QED) is 0.632. The number of benzene rings is 1. The fourth-order valence-electron chi connectivity index (χ4n) is 2.64. The van der Waals surface area contributed by atoms with Crippen LogP contribution >= 0.6 is 0 Å². The van der Waals surface area contributed by atoms with Crippen molar-refractivity contribution in [3.8, 4) is 0 Å². The summed E-state index contributed by atoms with van der Waals surface area (Å²) in [6.45, 7) is 7.14. The van der Waals surface area contributed by atoms with Crippen molar-refractivity contribution in [3.05, 3.63) is 39.9 Å². The maximum atomic E-state index is 11.1. The number of nitro benzene ring substituents is 1. The van der Waals surface area contributed by atoms with E-state index in [1.807, 2.05) is 12.1 Å². The summed E-state index contributed by atoms with van der Waals surface area (Å²) in [5.41, 5.74) is 1.04. The average molecular weight is 263 g/mol. The van der Waals surface area contributed by atoms with E-state index in [4.69, 9.17) is 0 Å². The average Bonchev–Trinajstić information content (AvgIpc) is 2.35. The Kier molecular flexibility index (Phi) is 4.50. The van der Waals surface area contributed by atoms with Gasteiger partial charge in [0, 0.05) is 36.8 Å². The molecule has 0 aromatic heterocycles. The van der Waals surface area contributed by atoms with Crippen LogP contribution in [0.1, 0.15) is 31.9 Å². The number of nitrogens with zero attached hydrogens (tertiary/aromatic N) is 2. The molecule has 1 heterocycles. The Bertz CT molecular complexity index is 446. The van der Waals surface area contributed by atoms with Gasteiger partial charge in [-0.05, 0) is 19.9 Å². The van der Waals surface area contributed by atoms with E-state index in [-0.39, 0.29) is 16.7 Å². The van der Waals surface area contributed by atoms with Gasteiger partial charge in [-0.25, -0.2) is 0 Å². The number of nitro groups is 1. The zero-order valence-electron chi connectivity index (χ0n) is 11.5. The van der Waals surface area contributed by atoms with Gasteiger partial charge < -0.3 is 5.32 Å². The van der Waals surface area contributed by atoms with Crippen molar-refractivity contribution in [2.45, 2.75) is 32.4 Å². The summed E-state index contributed by atoms with van der Waals surface area (Å²) in [7, 11) is 0. The Morgan fingerprint density at radius 1 is 1.47 bits per heavy atom. The lowest BCUT2D eigenvalue weighted by Gasteiger charge is -2.41. The van der Waals surface area contributed by atoms with Gasteiger partial charge in [0.2, 0.25) is 0 Å². The predicted octanol–water partition coefficient (Wildman–Crippen LogP) is 2.34. The van der Waals surface area contributed by atoms with E-state index in [2.05, 4.69) is 24.1 Å². The number of nitrogens with one attached hydrogen (secondary N) is 1. The third-order valence-electron chi connectivity index (χ3n) is 3.79. The molecule has 0 bridgehead atoms. The molecule has 1 N–H and O–H groups in total. The van der Waals surface area contributed by atoms with Gasteiger partial charge in [-0.15, -0.1) is 0 Å². The molecule has 1 atom stereocenters. The van der Waals surface area contributed by atoms with Gasteiger partial charge in [-0.2, -0.15) is 0 Å². The van der Waals surface area contributed by atoms with Crippen LogP contribution in [0.4, 0.5) is 5.69 Å².